The Bertz CT molecular complexity index is 1600. The fourth-order valence-corrected chi connectivity index (χ4v) is 8.28. The molecule has 0 aliphatic carbocycles. The van der Waals surface area contributed by atoms with Crippen molar-refractivity contribution in [3.8, 4) is 0 Å². The highest BCUT2D eigenvalue weighted by molar-refractivity contribution is 7.45. The summed E-state index contributed by atoms with van der Waals surface area (Å²) in [6, 6.07) is 0. The third-order valence-electron chi connectivity index (χ3n) is 12.0. The van der Waals surface area contributed by atoms with Gasteiger partial charge in [-0.25, -0.2) is 0 Å². The van der Waals surface area contributed by atoms with Crippen molar-refractivity contribution in [2.24, 2.45) is 0 Å². The van der Waals surface area contributed by atoms with E-state index in [1.165, 1.54) is 77.0 Å². The minimum atomic E-state index is -4.64. The van der Waals surface area contributed by atoms with Crippen molar-refractivity contribution < 1.29 is 42.1 Å². The second-order valence-electron chi connectivity index (χ2n) is 20.3. The van der Waals surface area contributed by atoms with Crippen molar-refractivity contribution in [2.75, 3.05) is 47.5 Å². The molecule has 0 aromatic heterocycles. The summed E-state index contributed by atoms with van der Waals surface area (Å²) in [4.78, 5) is 37.7. The second-order valence-corrected chi connectivity index (χ2v) is 21.7. The molecule has 0 aromatic rings. The standard InChI is InChI=1S/C63H108NO8P/c1-6-8-10-12-14-16-18-20-21-22-23-24-25-26-27-28-29-30-31-32-33-34-35-36-37-38-39-40-41-42-43-44-46-48-50-52-54-56-63(66)72-61(60-71-73(67,68)70-58-57-64(3,4)5)59-69-62(65)55-53-51-49-47-45-19-17-15-13-11-9-7-2/h8,10,14-17,20-21,23-24,26-27,29-30,32-33,35-36,61H,6-7,9,11-13,18-19,22,25,28,31,34,37-60H2,1-5H3/b10-8-,16-14-,17-15-,21-20-,24-23-,27-26-,30-29-,33-32-,36-35-. The number of nitrogens with zero attached hydrogens (tertiary/aromatic N) is 1. The number of allylic oxidation sites excluding steroid dienone is 18. The molecular weight excluding hydrogens is 930 g/mol. The molecule has 0 rings (SSSR count). The minimum absolute atomic E-state index is 0.0364. The maximum atomic E-state index is 12.8. The number of rotatable bonds is 52. The Labute approximate surface area is 448 Å². The Morgan fingerprint density at radius 3 is 1.18 bits per heavy atom. The first-order valence-electron chi connectivity index (χ1n) is 29.1. The van der Waals surface area contributed by atoms with Gasteiger partial charge in [0, 0.05) is 12.8 Å². The zero-order valence-electron chi connectivity index (χ0n) is 47.3. The number of likely N-dealkylation sites (N-methyl/N-ethyl adjacent to an activating group) is 1. The van der Waals surface area contributed by atoms with E-state index in [2.05, 4.69) is 123 Å². The lowest BCUT2D eigenvalue weighted by molar-refractivity contribution is -0.870. The van der Waals surface area contributed by atoms with Gasteiger partial charge >= 0.3 is 11.9 Å². The van der Waals surface area contributed by atoms with Crippen molar-refractivity contribution >= 4 is 19.8 Å². The molecule has 9 nitrogen and oxygen atoms in total. The zero-order chi connectivity index (χ0) is 53.5. The van der Waals surface area contributed by atoms with Crippen LogP contribution in [-0.4, -0.2) is 70.0 Å². The largest absolute Gasteiger partial charge is 0.756 e. The van der Waals surface area contributed by atoms with Gasteiger partial charge in [0.25, 0.3) is 7.82 Å². The van der Waals surface area contributed by atoms with Crippen molar-refractivity contribution in [2.45, 2.75) is 232 Å². The highest BCUT2D eigenvalue weighted by atomic mass is 31.2. The molecule has 73 heavy (non-hydrogen) atoms. The fraction of sp³-hybridized carbons (Fsp3) is 0.683. The number of phosphoric ester groups is 1. The van der Waals surface area contributed by atoms with Gasteiger partial charge in [-0.1, -0.05) is 220 Å². The number of unbranched alkanes of at least 4 members (excludes halogenated alkanes) is 20. The van der Waals surface area contributed by atoms with E-state index in [1.54, 1.807) is 0 Å². The van der Waals surface area contributed by atoms with E-state index in [0.29, 0.717) is 23.9 Å². The molecule has 0 aromatic carbocycles. The molecule has 0 saturated heterocycles. The van der Waals surface area contributed by atoms with Crippen molar-refractivity contribution in [3.05, 3.63) is 109 Å². The summed E-state index contributed by atoms with van der Waals surface area (Å²) in [5.74, 6) is -0.851. The molecule has 0 amide bonds. The summed E-state index contributed by atoms with van der Waals surface area (Å²) in [5, 5.41) is 0. The maximum absolute atomic E-state index is 12.8. The van der Waals surface area contributed by atoms with Crippen LogP contribution in [0.25, 0.3) is 0 Å². The van der Waals surface area contributed by atoms with Crippen LogP contribution in [0, 0.1) is 0 Å². The number of hydrogen-bond acceptors (Lipinski definition) is 8. The first kappa shape index (κ1) is 69.7. The van der Waals surface area contributed by atoms with Gasteiger partial charge in [0.1, 0.15) is 19.8 Å². The average molecular weight is 1040 g/mol. The lowest BCUT2D eigenvalue weighted by Crippen LogP contribution is -2.37. The molecule has 10 heteroatoms. The van der Waals surface area contributed by atoms with Crippen LogP contribution in [0.2, 0.25) is 0 Å². The fourth-order valence-electron chi connectivity index (χ4n) is 7.55. The van der Waals surface area contributed by atoms with Gasteiger partial charge in [0.15, 0.2) is 6.10 Å². The maximum Gasteiger partial charge on any atom is 0.306 e. The van der Waals surface area contributed by atoms with Gasteiger partial charge in [-0.05, 0) is 103 Å². The van der Waals surface area contributed by atoms with Crippen LogP contribution in [0.5, 0.6) is 0 Å². The Hall–Kier alpha value is -3.33. The summed E-state index contributed by atoms with van der Waals surface area (Å²) in [6.45, 7) is 4.07. The lowest BCUT2D eigenvalue weighted by atomic mass is 10.0. The van der Waals surface area contributed by atoms with Gasteiger partial charge in [-0.15, -0.1) is 0 Å². The summed E-state index contributed by atoms with van der Waals surface area (Å²) < 4.78 is 34.0. The van der Waals surface area contributed by atoms with E-state index >= 15 is 0 Å². The van der Waals surface area contributed by atoms with Gasteiger partial charge in [-0.2, -0.15) is 0 Å². The van der Waals surface area contributed by atoms with Crippen LogP contribution in [0.3, 0.4) is 0 Å². The monoisotopic (exact) mass is 1040 g/mol. The van der Waals surface area contributed by atoms with Crippen LogP contribution in [-0.2, 0) is 32.7 Å². The number of phosphoric acid groups is 1. The zero-order valence-corrected chi connectivity index (χ0v) is 48.2. The van der Waals surface area contributed by atoms with Gasteiger partial charge < -0.3 is 27.9 Å². The number of carbonyl (C=O) groups excluding carboxylic acids is 2. The van der Waals surface area contributed by atoms with Gasteiger partial charge in [-0.3, -0.25) is 14.2 Å². The molecule has 2 atom stereocenters. The molecule has 0 saturated carbocycles. The van der Waals surface area contributed by atoms with Crippen LogP contribution in [0.4, 0.5) is 0 Å². The quantitative estimate of drug-likeness (QED) is 0.0195. The van der Waals surface area contributed by atoms with E-state index in [1.807, 2.05) is 21.1 Å². The predicted octanol–water partition coefficient (Wildman–Crippen LogP) is 17.6. The van der Waals surface area contributed by atoms with Gasteiger partial charge in [0.2, 0.25) is 0 Å². The van der Waals surface area contributed by atoms with E-state index < -0.39 is 32.5 Å². The smallest absolute Gasteiger partial charge is 0.306 e. The number of ether oxygens (including phenoxy) is 2. The Balaban J connectivity index is 4.06. The summed E-state index contributed by atoms with van der Waals surface area (Å²) >= 11 is 0. The van der Waals surface area contributed by atoms with E-state index in [-0.39, 0.29) is 26.1 Å². The molecular formula is C63H108NO8P. The molecule has 0 aliphatic heterocycles. The van der Waals surface area contributed by atoms with Crippen LogP contribution in [0.1, 0.15) is 226 Å². The SMILES string of the molecule is CC/C=C\C/C=C\C/C=C\C/C=C\C/C=C\C/C=C\C/C=C\C/C=C\CCCCCCCCCCCCCCC(=O)OC(COC(=O)CCCCCCC/C=C\CCCCC)COP(=O)([O-])OCC[N+](C)(C)C. The first-order valence-corrected chi connectivity index (χ1v) is 30.6. The van der Waals surface area contributed by atoms with E-state index in [4.69, 9.17) is 18.5 Å². The van der Waals surface area contributed by atoms with E-state index in [9.17, 15) is 19.0 Å². The Kier molecular flexibility index (Phi) is 51.1. The molecule has 0 heterocycles. The van der Waals surface area contributed by atoms with Crippen molar-refractivity contribution in [1.29, 1.82) is 0 Å². The predicted molar refractivity (Wildman–Crippen MR) is 309 cm³/mol. The molecule has 0 fully saturated rings. The molecule has 0 radical (unpaired) electrons. The normalized spacial score (nSPS) is 14.1. The van der Waals surface area contributed by atoms with Gasteiger partial charge in [0.05, 0.1) is 27.7 Å². The second kappa shape index (κ2) is 53.5. The first-order chi connectivity index (χ1) is 35.5. The molecule has 418 valence electrons. The highest BCUT2D eigenvalue weighted by Crippen LogP contribution is 2.38. The highest BCUT2D eigenvalue weighted by Gasteiger charge is 2.21. The molecule has 2 unspecified atom stereocenters. The molecule has 0 N–H and O–H groups in total. The third-order valence-corrected chi connectivity index (χ3v) is 13.0. The third kappa shape index (κ3) is 57.8. The summed E-state index contributed by atoms with van der Waals surface area (Å²) in [7, 11) is 1.15. The number of hydrogen-bond donors (Lipinski definition) is 0. The average Bonchev–Trinajstić information content (AvgIpc) is 3.35. The summed E-state index contributed by atoms with van der Waals surface area (Å²) in [6.07, 6.45) is 74.3. The number of esters is 2. The summed E-state index contributed by atoms with van der Waals surface area (Å²) in [5.41, 5.74) is 0. The molecule has 0 aliphatic rings. The van der Waals surface area contributed by atoms with Crippen molar-refractivity contribution in [3.63, 3.8) is 0 Å². The van der Waals surface area contributed by atoms with Crippen LogP contribution in [0.15, 0.2) is 109 Å². The van der Waals surface area contributed by atoms with E-state index in [0.717, 1.165) is 109 Å². The molecule has 0 spiro atoms. The molecule has 0 bridgehead atoms. The Morgan fingerprint density at radius 1 is 0.438 bits per heavy atom. The lowest BCUT2D eigenvalue weighted by Gasteiger charge is -2.28. The van der Waals surface area contributed by atoms with Crippen LogP contribution >= 0.6 is 7.82 Å². The number of quaternary nitrogens is 1. The Morgan fingerprint density at radius 2 is 0.781 bits per heavy atom. The van der Waals surface area contributed by atoms with Crippen molar-refractivity contribution in [1.82, 2.24) is 0 Å². The number of carbonyl (C=O) groups is 2. The topological polar surface area (TPSA) is 111 Å². The van der Waals surface area contributed by atoms with Crippen LogP contribution < -0.4 is 4.89 Å². The minimum Gasteiger partial charge on any atom is -0.756 e.